The maximum atomic E-state index is 5.42. The fraction of sp³-hybridized carbons (Fsp3) is 0.250. The summed E-state index contributed by atoms with van der Waals surface area (Å²) in [5.41, 5.74) is 3.22. The molecule has 0 saturated carbocycles. The molecule has 4 rings (SSSR count). The number of nitrogens with one attached hydrogen (secondary N) is 1. The van der Waals surface area contributed by atoms with Crippen LogP contribution in [0.5, 0.6) is 11.5 Å². The quantitative estimate of drug-likeness (QED) is 0.742. The van der Waals surface area contributed by atoms with Crippen molar-refractivity contribution in [2.75, 3.05) is 18.5 Å². The topological polar surface area (TPSA) is 63.3 Å². The third-order valence-corrected chi connectivity index (χ3v) is 5.30. The van der Waals surface area contributed by atoms with Gasteiger partial charge in [0.05, 0.1) is 43.9 Å². The van der Waals surface area contributed by atoms with Crippen LogP contribution in [-0.2, 0) is 0 Å². The maximum Gasteiger partial charge on any atom is 0.162 e. The van der Waals surface area contributed by atoms with Crippen LogP contribution in [0.15, 0.2) is 35.6 Å². The Bertz CT molecular complexity index is 880. The van der Waals surface area contributed by atoms with Gasteiger partial charge in [0.15, 0.2) is 11.5 Å². The number of pyridine rings is 1. The number of nitrogens with zero attached hydrogens (tertiary/aromatic N) is 3. The van der Waals surface area contributed by atoms with E-state index in [9.17, 15) is 0 Å². The molecule has 0 spiro atoms. The highest BCUT2D eigenvalue weighted by atomic mass is 32.2. The molecule has 6 nitrogen and oxygen atoms in total. The number of fused-ring (bicyclic) bond motifs is 3. The van der Waals surface area contributed by atoms with E-state index in [2.05, 4.69) is 26.4 Å². The molecular formula is C16H16N4O2S. The van der Waals surface area contributed by atoms with Crippen LogP contribution in [0.2, 0.25) is 0 Å². The largest absolute Gasteiger partial charge is 0.493 e. The van der Waals surface area contributed by atoms with Crippen LogP contribution >= 0.6 is 11.9 Å². The molecule has 0 fully saturated rings. The summed E-state index contributed by atoms with van der Waals surface area (Å²) in [6, 6.07) is 6.12. The van der Waals surface area contributed by atoms with Crippen molar-refractivity contribution < 1.29 is 9.47 Å². The third kappa shape index (κ3) is 2.11. The number of hydrogen-bond acceptors (Lipinski definition) is 6. The maximum absolute atomic E-state index is 5.42. The van der Waals surface area contributed by atoms with Crippen LogP contribution < -0.4 is 13.8 Å². The van der Waals surface area contributed by atoms with Gasteiger partial charge in [-0.05, 0) is 19.1 Å². The average molecular weight is 328 g/mol. The molecule has 1 aliphatic heterocycles. The van der Waals surface area contributed by atoms with E-state index in [0.717, 1.165) is 33.1 Å². The van der Waals surface area contributed by atoms with Gasteiger partial charge in [0.25, 0.3) is 0 Å². The molecule has 1 aliphatic rings. The number of methoxy groups -OCH3 is 2. The summed E-state index contributed by atoms with van der Waals surface area (Å²) in [5, 5.41) is 9.25. The number of hydrogen-bond donors (Lipinski definition) is 1. The summed E-state index contributed by atoms with van der Waals surface area (Å²) >= 11 is 1.63. The minimum absolute atomic E-state index is 0.182. The van der Waals surface area contributed by atoms with Gasteiger partial charge < -0.3 is 13.8 Å². The number of H-pyrrole nitrogens is 1. The molecule has 0 radical (unpaired) electrons. The molecule has 0 bridgehead atoms. The molecule has 1 atom stereocenters. The Morgan fingerprint density at radius 3 is 2.78 bits per heavy atom. The Morgan fingerprint density at radius 2 is 2.00 bits per heavy atom. The highest BCUT2D eigenvalue weighted by Gasteiger charge is 2.32. The summed E-state index contributed by atoms with van der Waals surface area (Å²) in [7, 11) is 3.29. The van der Waals surface area contributed by atoms with Crippen molar-refractivity contribution in [1.82, 2.24) is 15.2 Å². The zero-order valence-corrected chi connectivity index (χ0v) is 13.8. The van der Waals surface area contributed by atoms with Gasteiger partial charge in [0, 0.05) is 29.0 Å². The van der Waals surface area contributed by atoms with Crippen molar-refractivity contribution in [2.24, 2.45) is 0 Å². The Labute approximate surface area is 137 Å². The fourth-order valence-electron chi connectivity index (χ4n) is 2.92. The van der Waals surface area contributed by atoms with Crippen LogP contribution in [0.25, 0.3) is 10.9 Å². The van der Waals surface area contributed by atoms with Gasteiger partial charge in [-0.3, -0.25) is 5.10 Å². The van der Waals surface area contributed by atoms with Gasteiger partial charge in [-0.25, -0.2) is 4.98 Å². The van der Waals surface area contributed by atoms with Gasteiger partial charge in [-0.2, -0.15) is 5.10 Å². The van der Waals surface area contributed by atoms with Crippen molar-refractivity contribution in [3.05, 3.63) is 36.2 Å². The van der Waals surface area contributed by atoms with Gasteiger partial charge in [-0.1, -0.05) is 0 Å². The molecule has 2 aromatic heterocycles. The Morgan fingerprint density at radius 1 is 1.17 bits per heavy atom. The first kappa shape index (κ1) is 14.2. The Balaban J connectivity index is 1.77. The highest BCUT2D eigenvalue weighted by molar-refractivity contribution is 8.01. The summed E-state index contributed by atoms with van der Waals surface area (Å²) in [4.78, 5) is 4.56. The Kier molecular flexibility index (Phi) is 3.30. The predicted octanol–water partition coefficient (Wildman–Crippen LogP) is 3.56. The zero-order valence-electron chi connectivity index (χ0n) is 13.0. The lowest BCUT2D eigenvalue weighted by Gasteiger charge is -2.23. The number of aromatic nitrogens is 3. The van der Waals surface area contributed by atoms with E-state index in [1.807, 2.05) is 30.6 Å². The SMILES string of the molecule is COc1ccc(N2Sc3ncc4[nH]ncc4c3C2C)cc1OC. The lowest BCUT2D eigenvalue weighted by Crippen LogP contribution is -2.13. The molecule has 0 aliphatic carbocycles. The molecular weight excluding hydrogens is 312 g/mol. The molecule has 1 unspecified atom stereocenters. The van der Waals surface area contributed by atoms with Crippen molar-refractivity contribution in [2.45, 2.75) is 18.0 Å². The molecule has 3 heterocycles. The summed E-state index contributed by atoms with van der Waals surface area (Å²) in [6.45, 7) is 2.17. The van der Waals surface area contributed by atoms with Crippen molar-refractivity contribution in [3.63, 3.8) is 0 Å². The Hall–Kier alpha value is -2.41. The minimum atomic E-state index is 0.182. The first-order chi connectivity index (χ1) is 11.2. The smallest absolute Gasteiger partial charge is 0.162 e. The summed E-state index contributed by atoms with van der Waals surface area (Å²) in [5.74, 6) is 1.44. The molecule has 23 heavy (non-hydrogen) atoms. The van der Waals surface area contributed by atoms with Crippen LogP contribution in [-0.4, -0.2) is 29.4 Å². The molecule has 3 aromatic rings. The molecule has 1 aromatic carbocycles. The van der Waals surface area contributed by atoms with Crippen LogP contribution in [0.4, 0.5) is 5.69 Å². The normalized spacial score (nSPS) is 16.7. The number of aromatic amines is 1. The third-order valence-electron chi connectivity index (χ3n) is 4.08. The monoisotopic (exact) mass is 328 g/mol. The van der Waals surface area contributed by atoms with E-state index in [4.69, 9.17) is 9.47 Å². The van der Waals surface area contributed by atoms with Crippen molar-refractivity contribution >= 4 is 28.5 Å². The molecule has 1 N–H and O–H groups in total. The van der Waals surface area contributed by atoms with E-state index in [1.165, 1.54) is 5.56 Å². The van der Waals surface area contributed by atoms with E-state index in [1.54, 1.807) is 26.2 Å². The molecule has 7 heteroatoms. The van der Waals surface area contributed by atoms with Crippen molar-refractivity contribution in [3.8, 4) is 11.5 Å². The van der Waals surface area contributed by atoms with E-state index in [0.29, 0.717) is 0 Å². The average Bonchev–Trinajstić information content (AvgIpc) is 3.18. The molecule has 0 amide bonds. The summed E-state index contributed by atoms with van der Waals surface area (Å²) < 4.78 is 13.0. The van der Waals surface area contributed by atoms with E-state index in [-0.39, 0.29) is 6.04 Å². The molecule has 0 saturated heterocycles. The van der Waals surface area contributed by atoms with Crippen LogP contribution in [0.1, 0.15) is 18.5 Å². The van der Waals surface area contributed by atoms with E-state index >= 15 is 0 Å². The second-order valence-electron chi connectivity index (χ2n) is 5.31. The second-order valence-corrected chi connectivity index (χ2v) is 6.27. The lowest BCUT2D eigenvalue weighted by atomic mass is 10.1. The second kappa shape index (κ2) is 5.34. The number of anilines is 1. The molecule has 118 valence electrons. The van der Waals surface area contributed by atoms with Crippen molar-refractivity contribution in [1.29, 1.82) is 0 Å². The standard InChI is InChI=1S/C16H16N4O2S/c1-9-15-11-7-18-19-12(11)8-17-16(15)23-20(9)10-4-5-13(21-2)14(6-10)22-3/h4-9H,1-3H3,(H,18,19). The van der Waals surface area contributed by atoms with Gasteiger partial charge in [0.2, 0.25) is 0 Å². The number of benzene rings is 1. The number of rotatable bonds is 3. The first-order valence-corrected chi connectivity index (χ1v) is 8.01. The predicted molar refractivity (Wildman–Crippen MR) is 90.2 cm³/mol. The van der Waals surface area contributed by atoms with Crippen LogP contribution in [0, 0.1) is 0 Å². The highest BCUT2D eigenvalue weighted by Crippen LogP contribution is 2.49. The first-order valence-electron chi connectivity index (χ1n) is 7.24. The van der Waals surface area contributed by atoms with E-state index < -0.39 is 0 Å². The van der Waals surface area contributed by atoms with Gasteiger partial charge in [0.1, 0.15) is 5.03 Å². The van der Waals surface area contributed by atoms with Gasteiger partial charge >= 0.3 is 0 Å². The van der Waals surface area contributed by atoms with Gasteiger partial charge in [-0.15, -0.1) is 0 Å². The summed E-state index contributed by atoms with van der Waals surface area (Å²) in [6.07, 6.45) is 3.70. The number of ether oxygens (including phenoxy) is 2. The van der Waals surface area contributed by atoms with Crippen LogP contribution in [0.3, 0.4) is 0 Å². The zero-order chi connectivity index (χ0) is 16.0. The minimum Gasteiger partial charge on any atom is -0.493 e. The lowest BCUT2D eigenvalue weighted by molar-refractivity contribution is 0.355. The fourth-order valence-corrected chi connectivity index (χ4v) is 4.07.